The molecule has 0 amide bonds. The van der Waals surface area contributed by atoms with Crippen LogP contribution in [-0.2, 0) is 5.41 Å². The van der Waals surface area contributed by atoms with Gasteiger partial charge < -0.3 is 0 Å². The van der Waals surface area contributed by atoms with E-state index >= 15 is 0 Å². The molecule has 0 aromatic heterocycles. The SMILES string of the molecule is CC(CF)c1cc(F)ccc1C(C)(C)C. The summed E-state index contributed by atoms with van der Waals surface area (Å²) in [5, 5.41) is 0. The van der Waals surface area contributed by atoms with Crippen LogP contribution in [0, 0.1) is 5.82 Å². The summed E-state index contributed by atoms with van der Waals surface area (Å²) in [6.45, 7) is 7.48. The Morgan fingerprint density at radius 2 is 1.87 bits per heavy atom. The Bertz CT molecular complexity index is 337. The van der Waals surface area contributed by atoms with E-state index < -0.39 is 6.67 Å². The van der Waals surface area contributed by atoms with Crippen LogP contribution in [0.1, 0.15) is 44.7 Å². The lowest BCUT2D eigenvalue weighted by Crippen LogP contribution is -2.16. The van der Waals surface area contributed by atoms with Crippen molar-refractivity contribution in [3.8, 4) is 0 Å². The van der Waals surface area contributed by atoms with Gasteiger partial charge in [-0.3, -0.25) is 4.39 Å². The molecule has 1 unspecified atom stereocenters. The minimum absolute atomic E-state index is 0.0769. The van der Waals surface area contributed by atoms with Gasteiger partial charge in [-0.15, -0.1) is 0 Å². The van der Waals surface area contributed by atoms with Crippen molar-refractivity contribution in [2.45, 2.75) is 39.0 Å². The molecule has 2 heteroatoms. The van der Waals surface area contributed by atoms with Crippen LogP contribution < -0.4 is 0 Å². The third kappa shape index (κ3) is 2.77. The number of hydrogen-bond donors (Lipinski definition) is 0. The highest BCUT2D eigenvalue weighted by Crippen LogP contribution is 2.31. The van der Waals surface area contributed by atoms with Gasteiger partial charge in [0.1, 0.15) is 5.82 Å². The molecule has 1 aromatic carbocycles. The van der Waals surface area contributed by atoms with Crippen molar-refractivity contribution >= 4 is 0 Å². The molecule has 0 N–H and O–H groups in total. The first kappa shape index (κ1) is 12.2. The van der Waals surface area contributed by atoms with Gasteiger partial charge in [0, 0.05) is 5.92 Å². The third-order valence-electron chi connectivity index (χ3n) is 2.58. The lowest BCUT2D eigenvalue weighted by atomic mass is 9.80. The standard InChI is InChI=1S/C13H18F2/c1-9(8-14)11-7-10(15)5-6-12(11)13(2,3)4/h5-7,9H,8H2,1-4H3. The van der Waals surface area contributed by atoms with E-state index in [1.807, 2.05) is 0 Å². The van der Waals surface area contributed by atoms with Crippen molar-refractivity contribution in [3.05, 3.63) is 35.1 Å². The van der Waals surface area contributed by atoms with Gasteiger partial charge in [-0.1, -0.05) is 33.8 Å². The Balaban J connectivity index is 3.27. The zero-order valence-electron chi connectivity index (χ0n) is 9.77. The van der Waals surface area contributed by atoms with Crippen molar-refractivity contribution < 1.29 is 8.78 Å². The summed E-state index contributed by atoms with van der Waals surface area (Å²) in [6, 6.07) is 4.65. The number of alkyl halides is 1. The molecule has 0 bridgehead atoms. The van der Waals surface area contributed by atoms with E-state index in [0.717, 1.165) is 11.1 Å². The van der Waals surface area contributed by atoms with E-state index in [-0.39, 0.29) is 17.2 Å². The summed E-state index contributed by atoms with van der Waals surface area (Å²) in [7, 11) is 0. The van der Waals surface area contributed by atoms with Crippen molar-refractivity contribution in [2.75, 3.05) is 6.67 Å². The van der Waals surface area contributed by atoms with Crippen molar-refractivity contribution in [1.82, 2.24) is 0 Å². The summed E-state index contributed by atoms with van der Waals surface area (Å²) in [6.07, 6.45) is 0. The minimum atomic E-state index is -0.452. The molecule has 0 radical (unpaired) electrons. The van der Waals surface area contributed by atoms with E-state index in [4.69, 9.17) is 0 Å². The first-order valence-electron chi connectivity index (χ1n) is 5.22. The van der Waals surface area contributed by atoms with Crippen molar-refractivity contribution in [2.24, 2.45) is 0 Å². The quantitative estimate of drug-likeness (QED) is 0.689. The first-order chi connectivity index (χ1) is 6.86. The Morgan fingerprint density at radius 3 is 2.33 bits per heavy atom. The van der Waals surface area contributed by atoms with Gasteiger partial charge in [-0.05, 0) is 28.7 Å². The Kier molecular flexibility index (Phi) is 3.48. The van der Waals surface area contributed by atoms with Gasteiger partial charge in [0.15, 0.2) is 0 Å². The molecule has 0 spiro atoms. The average Bonchev–Trinajstić information content (AvgIpc) is 2.14. The van der Waals surface area contributed by atoms with Crippen molar-refractivity contribution in [1.29, 1.82) is 0 Å². The Hall–Kier alpha value is -0.920. The van der Waals surface area contributed by atoms with E-state index in [1.165, 1.54) is 12.1 Å². The molecule has 0 aliphatic rings. The van der Waals surface area contributed by atoms with E-state index in [2.05, 4.69) is 20.8 Å². The second-order valence-corrected chi connectivity index (χ2v) is 5.04. The second kappa shape index (κ2) is 4.30. The van der Waals surface area contributed by atoms with Crippen LogP contribution in [0.3, 0.4) is 0 Å². The normalized spacial score (nSPS) is 14.0. The molecule has 0 saturated carbocycles. The molecule has 1 aromatic rings. The third-order valence-corrected chi connectivity index (χ3v) is 2.58. The summed E-state index contributed by atoms with van der Waals surface area (Å²) in [5.41, 5.74) is 1.73. The van der Waals surface area contributed by atoms with E-state index in [0.29, 0.717) is 0 Å². The lowest BCUT2D eigenvalue weighted by Gasteiger charge is -2.25. The van der Waals surface area contributed by atoms with E-state index in [1.54, 1.807) is 13.0 Å². The molecule has 0 nitrogen and oxygen atoms in total. The maximum absolute atomic E-state index is 13.1. The van der Waals surface area contributed by atoms with Gasteiger partial charge in [-0.25, -0.2) is 4.39 Å². The minimum Gasteiger partial charge on any atom is -0.250 e. The summed E-state index contributed by atoms with van der Waals surface area (Å²) in [4.78, 5) is 0. The monoisotopic (exact) mass is 212 g/mol. The van der Waals surface area contributed by atoms with Gasteiger partial charge >= 0.3 is 0 Å². The van der Waals surface area contributed by atoms with Crippen LogP contribution in [0.15, 0.2) is 18.2 Å². The molecule has 0 heterocycles. The van der Waals surface area contributed by atoms with Gasteiger partial charge in [0.05, 0.1) is 6.67 Å². The molecular weight excluding hydrogens is 194 g/mol. The number of hydrogen-bond acceptors (Lipinski definition) is 0. The van der Waals surface area contributed by atoms with Gasteiger partial charge in [0.25, 0.3) is 0 Å². The number of halogens is 2. The fraction of sp³-hybridized carbons (Fsp3) is 0.538. The Labute approximate surface area is 90.3 Å². The van der Waals surface area contributed by atoms with Crippen molar-refractivity contribution in [3.63, 3.8) is 0 Å². The van der Waals surface area contributed by atoms with Crippen LogP contribution in [-0.4, -0.2) is 6.67 Å². The highest BCUT2D eigenvalue weighted by Gasteiger charge is 2.21. The Morgan fingerprint density at radius 1 is 1.27 bits per heavy atom. The molecule has 84 valence electrons. The molecule has 1 rings (SSSR count). The second-order valence-electron chi connectivity index (χ2n) is 5.04. The predicted molar refractivity (Wildman–Crippen MR) is 59.5 cm³/mol. The fourth-order valence-corrected chi connectivity index (χ4v) is 1.71. The smallest absolute Gasteiger partial charge is 0.123 e. The highest BCUT2D eigenvalue weighted by atomic mass is 19.1. The molecule has 0 aliphatic heterocycles. The van der Waals surface area contributed by atoms with E-state index in [9.17, 15) is 8.78 Å². The summed E-state index contributed by atoms with van der Waals surface area (Å²) in [5.74, 6) is -0.534. The summed E-state index contributed by atoms with van der Waals surface area (Å²) < 4.78 is 25.8. The maximum Gasteiger partial charge on any atom is 0.123 e. The molecular formula is C13H18F2. The largest absolute Gasteiger partial charge is 0.250 e. The molecule has 15 heavy (non-hydrogen) atoms. The lowest BCUT2D eigenvalue weighted by molar-refractivity contribution is 0.439. The first-order valence-corrected chi connectivity index (χ1v) is 5.22. The van der Waals surface area contributed by atoms with Crippen LogP contribution >= 0.6 is 0 Å². The molecule has 0 fully saturated rings. The van der Waals surface area contributed by atoms with Crippen LogP contribution in [0.2, 0.25) is 0 Å². The van der Waals surface area contributed by atoms with Crippen LogP contribution in [0.4, 0.5) is 8.78 Å². The van der Waals surface area contributed by atoms with Crippen LogP contribution in [0.5, 0.6) is 0 Å². The topological polar surface area (TPSA) is 0 Å². The zero-order valence-corrected chi connectivity index (χ0v) is 9.77. The summed E-state index contributed by atoms with van der Waals surface area (Å²) >= 11 is 0. The predicted octanol–water partition coefficient (Wildman–Crippen LogP) is 4.20. The zero-order chi connectivity index (χ0) is 11.6. The molecule has 0 aliphatic carbocycles. The number of rotatable bonds is 2. The maximum atomic E-state index is 13.1. The average molecular weight is 212 g/mol. The van der Waals surface area contributed by atoms with Crippen LogP contribution in [0.25, 0.3) is 0 Å². The molecule has 1 atom stereocenters. The molecule has 0 saturated heterocycles. The fourth-order valence-electron chi connectivity index (χ4n) is 1.71. The highest BCUT2D eigenvalue weighted by molar-refractivity contribution is 5.35. The van der Waals surface area contributed by atoms with Gasteiger partial charge in [-0.2, -0.15) is 0 Å². The van der Waals surface area contributed by atoms with Gasteiger partial charge in [0.2, 0.25) is 0 Å². The number of benzene rings is 1.